The third-order valence-corrected chi connectivity index (χ3v) is 3.22. The Labute approximate surface area is 172 Å². The molecule has 0 atom stereocenters. The van der Waals surface area contributed by atoms with Crippen molar-refractivity contribution < 1.29 is 37.9 Å². The number of ether oxygens (including phenoxy) is 1. The van der Waals surface area contributed by atoms with Crippen LogP contribution >= 0.6 is 0 Å². The van der Waals surface area contributed by atoms with Gasteiger partial charge in [0.05, 0.1) is 16.0 Å². The van der Waals surface area contributed by atoms with Gasteiger partial charge in [-0.1, -0.05) is 36.3 Å². The van der Waals surface area contributed by atoms with Gasteiger partial charge < -0.3 is 14.7 Å². The first kappa shape index (κ1) is 5.99. The van der Waals surface area contributed by atoms with Crippen LogP contribution in [0.25, 0.3) is 5.57 Å². The topological polar surface area (TPSA) is 49.8 Å². The van der Waals surface area contributed by atoms with Crippen LogP contribution in [0.2, 0.25) is 0 Å². The quantitative estimate of drug-likeness (QED) is 0.891. The van der Waals surface area contributed by atoms with Gasteiger partial charge in [0, 0.05) is 25.8 Å². The van der Waals surface area contributed by atoms with Gasteiger partial charge in [-0.25, -0.2) is 0 Å². The minimum Gasteiger partial charge on any atom is -0.488 e. The van der Waals surface area contributed by atoms with Crippen molar-refractivity contribution in [3.8, 4) is 5.75 Å². The number of benzene rings is 2. The van der Waals surface area contributed by atoms with Crippen molar-refractivity contribution in [2.45, 2.75) is 19.4 Å². The molecule has 0 aromatic heterocycles. The Hall–Kier alpha value is -2.59. The summed E-state index contributed by atoms with van der Waals surface area (Å²) in [6.45, 7) is -14.6. The van der Waals surface area contributed by atoms with Crippen LogP contribution in [-0.4, -0.2) is 36.4 Å². The van der Waals surface area contributed by atoms with Crippen molar-refractivity contribution in [1.29, 1.82) is 0 Å². The molecule has 2 aromatic rings. The number of carbonyl (C=O) groups is 1. The molecule has 0 unspecified atom stereocenters. The summed E-state index contributed by atoms with van der Waals surface area (Å²) in [6, 6.07) is -2.17. The second-order valence-corrected chi connectivity index (χ2v) is 4.93. The minimum atomic E-state index is -4.02. The summed E-state index contributed by atoms with van der Waals surface area (Å²) < 4.78 is 144. The standard InChI is InChI=1S/C21H23NO3/c1-22(2)11-5-8-18-17-7-4-3-6-16(17)14-25-20-10-9-15(12-19(18)20)13-21(23)24/h3-4,6-10,12H,5,11,13-14H2,1-2H3,(H,23,24)/b18-8-/i1D3,2D3,3D,4D,5D2,6D,7D,8D,11D2,14D2. The largest absolute Gasteiger partial charge is 0.488 e. The number of aliphatic carboxylic acids is 1. The fourth-order valence-electron chi connectivity index (χ4n) is 2.24. The van der Waals surface area contributed by atoms with Crippen LogP contribution in [0, 0.1) is 0 Å². The highest BCUT2D eigenvalue weighted by atomic mass is 16.5. The van der Waals surface area contributed by atoms with E-state index in [0.717, 1.165) is 12.1 Å². The molecule has 0 saturated carbocycles. The molecule has 0 radical (unpaired) electrons. The smallest absolute Gasteiger partial charge is 0.307 e. The van der Waals surface area contributed by atoms with E-state index in [1.165, 1.54) is 6.07 Å². The highest BCUT2D eigenvalue weighted by Gasteiger charge is 2.19. The van der Waals surface area contributed by atoms with Crippen LogP contribution in [0.15, 0.2) is 48.4 Å². The van der Waals surface area contributed by atoms with Gasteiger partial charge >= 0.3 is 5.97 Å². The van der Waals surface area contributed by atoms with E-state index in [1.54, 1.807) is 0 Å². The average molecular weight is 355 g/mol. The predicted molar refractivity (Wildman–Crippen MR) is 98.8 cm³/mol. The van der Waals surface area contributed by atoms with Crippen LogP contribution in [-0.2, 0) is 17.8 Å². The molecule has 0 aliphatic carbocycles. The van der Waals surface area contributed by atoms with Crippen molar-refractivity contribution >= 4 is 11.5 Å². The van der Waals surface area contributed by atoms with Crippen molar-refractivity contribution in [1.82, 2.24) is 4.90 Å². The third-order valence-electron chi connectivity index (χ3n) is 3.22. The maximum atomic E-state index is 11.4. The zero-order valence-electron chi connectivity index (χ0n) is 29.7. The number of nitrogens with zero attached hydrogens (tertiary/aromatic N) is 1. The molecule has 4 nitrogen and oxygen atoms in total. The number of hydrogen-bond acceptors (Lipinski definition) is 3. The molecule has 1 aliphatic rings. The van der Waals surface area contributed by atoms with Gasteiger partial charge in [0.25, 0.3) is 0 Å². The van der Waals surface area contributed by atoms with Gasteiger partial charge in [-0.15, -0.1) is 0 Å². The van der Waals surface area contributed by atoms with E-state index in [9.17, 15) is 9.90 Å². The summed E-state index contributed by atoms with van der Waals surface area (Å²) in [5.41, 5.74) is -3.17. The zero-order chi connectivity index (χ0) is 32.5. The molecular formula is C21H23NO3. The van der Waals surface area contributed by atoms with Gasteiger partial charge in [0.1, 0.15) is 12.3 Å². The molecule has 0 spiro atoms. The molecule has 1 aliphatic heterocycles. The second-order valence-electron chi connectivity index (χ2n) is 4.93. The summed E-state index contributed by atoms with van der Waals surface area (Å²) in [5, 5.41) is 9.28. The first-order valence-corrected chi connectivity index (χ1v) is 6.95. The Bertz CT molecular complexity index is 1460. The number of rotatable bonds is 5. The molecule has 0 saturated heterocycles. The van der Waals surface area contributed by atoms with Gasteiger partial charge in [-0.3, -0.25) is 4.79 Å². The number of fused-ring (bicyclic) bond motifs is 2. The lowest BCUT2D eigenvalue weighted by atomic mass is 9.92. The number of carboxylic acids is 1. The molecule has 130 valence electrons. The first-order chi connectivity index (χ1) is 18.8. The molecular weight excluding hydrogens is 314 g/mol. The summed E-state index contributed by atoms with van der Waals surface area (Å²) in [7, 11) is 0. The minimum absolute atomic E-state index is 0.0184. The SMILES string of the molecule is [2H]/C(=C1/c2cc(CC(=O)O)ccc2OC([2H])([2H])c2c([2H])c([2H])c([2H])c([2H])c21)C([2H])([2H])C([2H])([2H])N(C([2H])([2H])[2H])C([2H])([2H])[2H]. The van der Waals surface area contributed by atoms with Crippen LogP contribution < -0.4 is 4.74 Å². The summed E-state index contributed by atoms with van der Waals surface area (Å²) in [5.74, 6) is -1.83. The van der Waals surface area contributed by atoms with E-state index in [4.69, 9.17) is 28.0 Å². The maximum absolute atomic E-state index is 11.4. The summed E-state index contributed by atoms with van der Waals surface area (Å²) >= 11 is 0. The fraction of sp³-hybridized carbons (Fsp3) is 0.286. The lowest BCUT2D eigenvalue weighted by Gasteiger charge is -2.13. The molecule has 3 rings (SSSR count). The normalized spacial score (nSPS) is 29.1. The summed E-state index contributed by atoms with van der Waals surface area (Å²) in [6.07, 6.45) is -4.55. The lowest BCUT2D eigenvalue weighted by molar-refractivity contribution is -0.136. The molecule has 0 fully saturated rings. The Balaban J connectivity index is 2.61. The Morgan fingerprint density at radius 2 is 2.32 bits per heavy atom. The van der Waals surface area contributed by atoms with Crippen molar-refractivity contribution in [3.63, 3.8) is 0 Å². The van der Waals surface area contributed by atoms with Crippen LogP contribution in [0.1, 0.15) is 51.9 Å². The highest BCUT2D eigenvalue weighted by molar-refractivity contribution is 5.85. The molecule has 4 heteroatoms. The highest BCUT2D eigenvalue weighted by Crippen LogP contribution is 2.37. The molecule has 1 heterocycles. The van der Waals surface area contributed by atoms with Gasteiger partial charge in [-0.05, 0) is 54.7 Å². The molecule has 1 N–H and O–H groups in total. The predicted octanol–water partition coefficient (Wildman–Crippen LogP) is 3.59. The Morgan fingerprint density at radius 1 is 1.48 bits per heavy atom. The summed E-state index contributed by atoms with van der Waals surface area (Å²) in [4.78, 5) is 10.7. The van der Waals surface area contributed by atoms with Crippen LogP contribution in [0.3, 0.4) is 0 Å². The van der Waals surface area contributed by atoms with Crippen molar-refractivity contribution in [3.05, 3.63) is 70.7 Å². The van der Waals surface area contributed by atoms with E-state index in [0.29, 0.717) is 0 Å². The lowest BCUT2D eigenvalue weighted by Crippen LogP contribution is -2.12. The first-order valence-electron chi connectivity index (χ1n) is 15.5. The second kappa shape index (κ2) is 7.53. The average Bonchev–Trinajstić information content (AvgIpc) is 2.89. The fourth-order valence-corrected chi connectivity index (χ4v) is 2.24. The van der Waals surface area contributed by atoms with Gasteiger partial charge in [0.15, 0.2) is 0 Å². The van der Waals surface area contributed by atoms with E-state index >= 15 is 0 Å². The molecule has 0 amide bonds. The van der Waals surface area contributed by atoms with Gasteiger partial charge in [-0.2, -0.15) is 0 Å². The van der Waals surface area contributed by atoms with Crippen molar-refractivity contribution in [2.24, 2.45) is 0 Å². The third kappa shape index (κ3) is 4.09. The van der Waals surface area contributed by atoms with E-state index < -0.39 is 109 Å². The van der Waals surface area contributed by atoms with Crippen LogP contribution in [0.4, 0.5) is 0 Å². The monoisotopic (exact) mass is 354 g/mol. The molecule has 25 heavy (non-hydrogen) atoms. The Kier molecular flexibility index (Phi) is 1.80. The van der Waals surface area contributed by atoms with E-state index in [-0.39, 0.29) is 5.56 Å². The molecule has 2 aromatic carbocycles. The molecule has 0 bridgehead atoms. The Morgan fingerprint density at radius 3 is 3.12 bits per heavy atom. The van der Waals surface area contributed by atoms with E-state index in [2.05, 4.69) is 0 Å². The van der Waals surface area contributed by atoms with Crippen LogP contribution in [0.5, 0.6) is 5.75 Å². The maximum Gasteiger partial charge on any atom is 0.307 e. The number of hydrogen-bond donors (Lipinski definition) is 1. The van der Waals surface area contributed by atoms with E-state index in [1.807, 2.05) is 0 Å². The number of carboxylic acid groups (broad SMARTS) is 1. The van der Waals surface area contributed by atoms with Gasteiger partial charge in [0.2, 0.25) is 0 Å². The zero-order valence-corrected chi connectivity index (χ0v) is 12.7. The van der Waals surface area contributed by atoms with Crippen molar-refractivity contribution in [2.75, 3.05) is 20.4 Å².